The Bertz CT molecular complexity index is 1160. The smallest absolute Gasteiger partial charge is 0.289 e. The predicted molar refractivity (Wildman–Crippen MR) is 118 cm³/mol. The van der Waals surface area contributed by atoms with Crippen molar-refractivity contribution in [2.75, 3.05) is 18.6 Å². The third-order valence-electron chi connectivity index (χ3n) is 5.18. The van der Waals surface area contributed by atoms with Crippen molar-refractivity contribution in [2.45, 2.75) is 26.3 Å². The summed E-state index contributed by atoms with van der Waals surface area (Å²) in [4.78, 5) is 17.3. The van der Waals surface area contributed by atoms with E-state index in [1.165, 1.54) is 0 Å². The molecular weight excluding hydrogens is 424 g/mol. The van der Waals surface area contributed by atoms with E-state index in [2.05, 4.69) is 15.4 Å². The van der Waals surface area contributed by atoms with Crippen molar-refractivity contribution in [3.8, 4) is 5.75 Å². The van der Waals surface area contributed by atoms with E-state index >= 15 is 0 Å². The number of aliphatic imine (C=N–C) groups is 1. The van der Waals surface area contributed by atoms with Gasteiger partial charge in [-0.15, -0.1) is 0 Å². The van der Waals surface area contributed by atoms with Gasteiger partial charge in [-0.3, -0.25) is 9.48 Å². The first kappa shape index (κ1) is 20.7. The summed E-state index contributed by atoms with van der Waals surface area (Å²) >= 11 is 1.08. The summed E-state index contributed by atoms with van der Waals surface area (Å²) in [7, 11) is -1.41. The normalized spacial score (nSPS) is 23.3. The molecule has 4 rings (SSSR count). The molecule has 2 saturated heterocycles. The zero-order valence-electron chi connectivity index (χ0n) is 16.9. The number of hydrogen-bond acceptors (Lipinski definition) is 7. The van der Waals surface area contributed by atoms with Gasteiger partial charge in [0.15, 0.2) is 9.84 Å². The number of nitrogens with one attached hydrogen (secondary N) is 1. The number of amidine groups is 1. The second-order valence-corrected chi connectivity index (χ2v) is 10.5. The molecule has 1 atom stereocenters. The number of amides is 1. The lowest BCUT2D eigenvalue weighted by molar-refractivity contribution is 0.265. The minimum Gasteiger partial charge on any atom is -0.497 e. The molecule has 8 nitrogen and oxygen atoms in total. The molecule has 2 aliphatic rings. The predicted octanol–water partition coefficient (Wildman–Crippen LogP) is 3.40. The number of carbonyl (C=O) groups is 1. The molecule has 3 heterocycles. The van der Waals surface area contributed by atoms with Crippen LogP contribution in [0.15, 0.2) is 34.2 Å². The summed E-state index contributed by atoms with van der Waals surface area (Å²) < 4.78 is 30.7. The quantitative estimate of drug-likeness (QED) is 0.772. The number of ether oxygens (including phenoxy) is 1. The monoisotopic (exact) mass is 446 g/mol. The third-order valence-corrected chi connectivity index (χ3v) is 7.75. The molecule has 1 unspecified atom stereocenters. The van der Waals surface area contributed by atoms with Gasteiger partial charge in [-0.05, 0) is 62.4 Å². The number of sulfone groups is 1. The van der Waals surface area contributed by atoms with Crippen LogP contribution in [0.3, 0.4) is 0 Å². The Morgan fingerprint density at radius 3 is 2.67 bits per heavy atom. The Morgan fingerprint density at radius 2 is 2.03 bits per heavy atom. The highest BCUT2D eigenvalue weighted by molar-refractivity contribution is 8.18. The summed E-state index contributed by atoms with van der Waals surface area (Å²) in [6.07, 6.45) is 2.46. The maximum Gasteiger partial charge on any atom is 0.289 e. The van der Waals surface area contributed by atoms with Crippen LogP contribution in [0.2, 0.25) is 0 Å². The lowest BCUT2D eigenvalue weighted by atomic mass is 10.1. The molecule has 158 valence electrons. The van der Waals surface area contributed by atoms with Crippen LogP contribution in [-0.4, -0.2) is 47.9 Å². The van der Waals surface area contributed by atoms with Crippen molar-refractivity contribution in [1.29, 1.82) is 0 Å². The number of carbonyl (C=O) groups excluding carboxylic acids is 1. The number of hydrogen-bond donors (Lipinski definition) is 1. The highest BCUT2D eigenvalue weighted by atomic mass is 32.2. The number of nitrogens with zero attached hydrogens (tertiary/aromatic N) is 3. The van der Waals surface area contributed by atoms with E-state index in [1.807, 2.05) is 32.1 Å². The minimum absolute atomic E-state index is 0.115. The first-order valence-corrected chi connectivity index (χ1v) is 12.1. The zero-order valence-corrected chi connectivity index (χ0v) is 18.5. The Labute approximate surface area is 179 Å². The van der Waals surface area contributed by atoms with E-state index in [0.29, 0.717) is 22.8 Å². The Morgan fingerprint density at radius 1 is 1.30 bits per heavy atom. The number of aromatic nitrogens is 2. The molecule has 0 aliphatic carbocycles. The van der Waals surface area contributed by atoms with Gasteiger partial charge in [-0.1, -0.05) is 0 Å². The van der Waals surface area contributed by atoms with Crippen LogP contribution in [0, 0.1) is 13.8 Å². The maximum absolute atomic E-state index is 12.0. The van der Waals surface area contributed by atoms with Gasteiger partial charge in [-0.2, -0.15) is 5.10 Å². The average Bonchev–Trinajstić information content (AvgIpc) is 3.33. The minimum atomic E-state index is -3.01. The van der Waals surface area contributed by atoms with Crippen molar-refractivity contribution in [3.63, 3.8) is 0 Å². The topological polar surface area (TPSA) is 103 Å². The summed E-state index contributed by atoms with van der Waals surface area (Å²) in [5, 5.41) is 7.17. The zero-order chi connectivity index (χ0) is 21.5. The van der Waals surface area contributed by atoms with Gasteiger partial charge in [0.1, 0.15) is 11.6 Å². The van der Waals surface area contributed by atoms with Crippen LogP contribution in [-0.2, 0) is 9.84 Å². The number of aryl methyl sites for hydroxylation is 1. The first-order chi connectivity index (χ1) is 14.3. The van der Waals surface area contributed by atoms with Gasteiger partial charge in [-0.25, -0.2) is 13.4 Å². The van der Waals surface area contributed by atoms with Crippen LogP contribution < -0.4 is 10.1 Å². The van der Waals surface area contributed by atoms with E-state index in [1.54, 1.807) is 23.9 Å². The molecule has 0 bridgehead atoms. The van der Waals surface area contributed by atoms with Crippen molar-refractivity contribution >= 4 is 44.4 Å². The second-order valence-electron chi connectivity index (χ2n) is 7.27. The fraction of sp³-hybridized carbons (Fsp3) is 0.350. The molecule has 2 aromatic rings. The maximum atomic E-state index is 12.0. The SMILES string of the molecule is COc1ccc(N=C2NC(=O)S/C2=C\c2c(C)nn(C3CCS(=O)(=O)C3)c2C)cc1. The Balaban J connectivity index is 1.67. The van der Waals surface area contributed by atoms with E-state index in [0.717, 1.165) is 34.5 Å². The molecule has 0 saturated carbocycles. The highest BCUT2D eigenvalue weighted by Crippen LogP contribution is 2.32. The molecule has 0 radical (unpaired) electrons. The molecule has 10 heteroatoms. The molecule has 2 aliphatic heterocycles. The number of rotatable bonds is 4. The van der Waals surface area contributed by atoms with E-state index < -0.39 is 9.84 Å². The Kier molecular flexibility index (Phi) is 5.46. The van der Waals surface area contributed by atoms with E-state index in [4.69, 9.17) is 4.74 Å². The van der Waals surface area contributed by atoms with Crippen molar-refractivity contribution < 1.29 is 17.9 Å². The van der Waals surface area contributed by atoms with Crippen molar-refractivity contribution in [1.82, 2.24) is 15.1 Å². The second kappa shape index (κ2) is 7.92. The Hall–Kier alpha value is -2.59. The van der Waals surface area contributed by atoms with Gasteiger partial charge in [0.25, 0.3) is 5.24 Å². The van der Waals surface area contributed by atoms with Crippen LogP contribution in [0.1, 0.15) is 29.4 Å². The molecule has 1 amide bonds. The lowest BCUT2D eigenvalue weighted by Crippen LogP contribution is -2.18. The van der Waals surface area contributed by atoms with Crippen molar-refractivity contribution in [3.05, 3.63) is 46.1 Å². The van der Waals surface area contributed by atoms with Gasteiger partial charge >= 0.3 is 0 Å². The van der Waals surface area contributed by atoms with Gasteiger partial charge in [0, 0.05) is 11.3 Å². The molecule has 2 fully saturated rings. The van der Waals surface area contributed by atoms with E-state index in [9.17, 15) is 13.2 Å². The van der Waals surface area contributed by atoms with Gasteiger partial charge in [0.2, 0.25) is 0 Å². The molecular formula is C20H22N4O4S2. The molecule has 1 aromatic carbocycles. The summed E-state index contributed by atoms with van der Waals surface area (Å²) in [6, 6.07) is 7.09. The van der Waals surface area contributed by atoms with Crippen LogP contribution >= 0.6 is 11.8 Å². The van der Waals surface area contributed by atoms with Crippen LogP contribution in [0.4, 0.5) is 10.5 Å². The summed E-state index contributed by atoms with van der Waals surface area (Å²) in [6.45, 7) is 3.81. The fourth-order valence-corrected chi connectivity index (χ4v) is 6.05. The summed E-state index contributed by atoms with van der Waals surface area (Å²) in [5.41, 5.74) is 3.24. The molecule has 0 spiro atoms. The van der Waals surface area contributed by atoms with E-state index in [-0.39, 0.29) is 22.8 Å². The molecule has 1 N–H and O–H groups in total. The van der Waals surface area contributed by atoms with Crippen LogP contribution in [0.25, 0.3) is 6.08 Å². The number of thioether (sulfide) groups is 1. The number of methoxy groups -OCH3 is 1. The van der Waals surface area contributed by atoms with Crippen molar-refractivity contribution in [2.24, 2.45) is 4.99 Å². The van der Waals surface area contributed by atoms with Gasteiger partial charge in [0.05, 0.1) is 40.9 Å². The first-order valence-electron chi connectivity index (χ1n) is 9.45. The van der Waals surface area contributed by atoms with Crippen LogP contribution in [0.5, 0.6) is 5.75 Å². The largest absolute Gasteiger partial charge is 0.497 e. The standard InChI is InChI=1S/C20H22N4O4S2/c1-12-17(13(2)24(23-12)15-8-9-30(26,27)11-15)10-18-19(22-20(25)29-18)21-14-4-6-16(28-3)7-5-14/h4-7,10,15H,8-9,11H2,1-3H3,(H,21,22,25)/b18-10-. The third kappa shape index (κ3) is 4.15. The highest BCUT2D eigenvalue weighted by Gasteiger charge is 2.32. The number of benzene rings is 1. The lowest BCUT2D eigenvalue weighted by Gasteiger charge is -2.11. The molecule has 1 aromatic heterocycles. The average molecular weight is 447 g/mol. The van der Waals surface area contributed by atoms with Gasteiger partial charge < -0.3 is 10.1 Å². The fourth-order valence-electron chi connectivity index (χ4n) is 3.64. The summed E-state index contributed by atoms with van der Waals surface area (Å²) in [5.74, 6) is 1.51. The molecule has 30 heavy (non-hydrogen) atoms.